The van der Waals surface area contributed by atoms with Crippen LogP contribution in [0.25, 0.3) is 0 Å². The van der Waals surface area contributed by atoms with Crippen molar-refractivity contribution in [2.75, 3.05) is 0 Å². The van der Waals surface area contributed by atoms with E-state index >= 15 is 0 Å². The first-order valence-corrected chi connectivity index (χ1v) is 4.93. The third-order valence-corrected chi connectivity index (χ3v) is 2.65. The van der Waals surface area contributed by atoms with Crippen molar-refractivity contribution >= 4 is 5.97 Å². The predicted octanol–water partition coefficient (Wildman–Crippen LogP) is 3.14. The van der Waals surface area contributed by atoms with E-state index in [2.05, 4.69) is 0 Å². The van der Waals surface area contributed by atoms with Crippen LogP contribution >= 0.6 is 0 Å². The lowest BCUT2D eigenvalue weighted by atomic mass is 9.83. The number of hydrogen-bond donors (Lipinski definition) is 1. The maximum atomic E-state index is 12.5. The van der Waals surface area contributed by atoms with E-state index in [1.165, 1.54) is 0 Å². The first-order valence-electron chi connectivity index (χ1n) is 4.93. The lowest BCUT2D eigenvalue weighted by molar-refractivity contribution is -0.133. The smallest absolute Gasteiger partial charge is 0.413 e. The summed E-state index contributed by atoms with van der Waals surface area (Å²) in [5.74, 6) is -2.15. The Labute approximate surface area is 85.8 Å². The summed E-state index contributed by atoms with van der Waals surface area (Å²) in [5, 5.41) is 8.40. The van der Waals surface area contributed by atoms with Gasteiger partial charge in [-0.2, -0.15) is 13.2 Å². The second-order valence-corrected chi connectivity index (χ2v) is 3.77. The summed E-state index contributed by atoms with van der Waals surface area (Å²) in [6.07, 6.45) is -0.877. The molecule has 0 bridgehead atoms. The van der Waals surface area contributed by atoms with Gasteiger partial charge in [0.2, 0.25) is 0 Å². The number of halogens is 3. The van der Waals surface area contributed by atoms with E-state index in [0.29, 0.717) is 18.9 Å². The third-order valence-electron chi connectivity index (χ3n) is 2.65. The molecule has 0 heterocycles. The van der Waals surface area contributed by atoms with Crippen molar-refractivity contribution in [3.05, 3.63) is 11.6 Å². The molecule has 1 N–H and O–H groups in total. The standard InChI is InChI=1S/C10H13F3O2/c11-10(12,13)8(6-9(14)15)7-4-2-1-3-5-7/h6-7H,1-5H2,(H,14,15)/b8-6+. The van der Waals surface area contributed by atoms with Gasteiger partial charge in [-0.3, -0.25) is 0 Å². The van der Waals surface area contributed by atoms with Crippen molar-refractivity contribution < 1.29 is 23.1 Å². The number of carbonyl (C=O) groups is 1. The van der Waals surface area contributed by atoms with E-state index in [1.807, 2.05) is 0 Å². The van der Waals surface area contributed by atoms with Gasteiger partial charge in [-0.15, -0.1) is 0 Å². The van der Waals surface area contributed by atoms with Crippen molar-refractivity contribution in [1.29, 1.82) is 0 Å². The highest BCUT2D eigenvalue weighted by molar-refractivity contribution is 5.81. The molecule has 0 aromatic heterocycles. The average Bonchev–Trinajstić information content (AvgIpc) is 2.14. The number of aliphatic carboxylic acids is 1. The number of carboxylic acid groups (broad SMARTS) is 1. The normalized spacial score (nSPS) is 20.3. The maximum Gasteiger partial charge on any atom is 0.413 e. The highest BCUT2D eigenvalue weighted by Crippen LogP contribution is 2.38. The highest BCUT2D eigenvalue weighted by Gasteiger charge is 2.39. The van der Waals surface area contributed by atoms with Gasteiger partial charge in [0.15, 0.2) is 0 Å². The largest absolute Gasteiger partial charge is 0.478 e. The fraction of sp³-hybridized carbons (Fsp3) is 0.700. The number of allylic oxidation sites excluding steroid dienone is 1. The molecule has 0 radical (unpaired) electrons. The molecule has 1 aliphatic rings. The maximum absolute atomic E-state index is 12.5. The van der Waals surface area contributed by atoms with Gasteiger partial charge in [-0.25, -0.2) is 4.79 Å². The molecule has 2 nitrogen and oxygen atoms in total. The predicted molar refractivity (Wildman–Crippen MR) is 48.3 cm³/mol. The van der Waals surface area contributed by atoms with Crippen LogP contribution in [0.1, 0.15) is 32.1 Å². The number of alkyl halides is 3. The van der Waals surface area contributed by atoms with Crippen molar-refractivity contribution in [2.24, 2.45) is 5.92 Å². The summed E-state index contributed by atoms with van der Waals surface area (Å²) in [5.41, 5.74) is -0.880. The highest BCUT2D eigenvalue weighted by atomic mass is 19.4. The quantitative estimate of drug-likeness (QED) is 0.729. The van der Waals surface area contributed by atoms with E-state index in [-0.39, 0.29) is 0 Å². The topological polar surface area (TPSA) is 37.3 Å². The zero-order chi connectivity index (χ0) is 11.5. The number of hydrogen-bond acceptors (Lipinski definition) is 1. The zero-order valence-electron chi connectivity index (χ0n) is 8.18. The van der Waals surface area contributed by atoms with Crippen LogP contribution in [0.4, 0.5) is 13.2 Å². The van der Waals surface area contributed by atoms with Gasteiger partial charge in [-0.05, 0) is 18.8 Å². The molecular formula is C10H13F3O2. The van der Waals surface area contributed by atoms with Crippen LogP contribution in [0.15, 0.2) is 11.6 Å². The summed E-state index contributed by atoms with van der Waals surface area (Å²) in [4.78, 5) is 10.3. The summed E-state index contributed by atoms with van der Waals surface area (Å²) < 4.78 is 37.6. The molecule has 0 aromatic rings. The van der Waals surface area contributed by atoms with Crippen LogP contribution in [0.5, 0.6) is 0 Å². The Morgan fingerprint density at radius 2 is 1.73 bits per heavy atom. The Bertz CT molecular complexity index is 262. The van der Waals surface area contributed by atoms with Crippen molar-refractivity contribution in [3.8, 4) is 0 Å². The SMILES string of the molecule is O=C(O)/C=C(\C1CCCCC1)C(F)(F)F. The number of carboxylic acids is 1. The summed E-state index contributed by atoms with van der Waals surface area (Å²) in [6, 6.07) is 0. The van der Waals surface area contributed by atoms with Crippen LogP contribution in [0, 0.1) is 5.92 Å². The van der Waals surface area contributed by atoms with Crippen LogP contribution < -0.4 is 0 Å². The summed E-state index contributed by atoms with van der Waals surface area (Å²) in [7, 11) is 0. The first-order chi connectivity index (χ1) is 6.91. The Hall–Kier alpha value is -1.00. The third kappa shape index (κ3) is 3.57. The summed E-state index contributed by atoms with van der Waals surface area (Å²) in [6.45, 7) is 0. The van der Waals surface area contributed by atoms with E-state index in [0.717, 1.165) is 19.3 Å². The Morgan fingerprint density at radius 1 is 1.20 bits per heavy atom. The van der Waals surface area contributed by atoms with Crippen LogP contribution in [0.3, 0.4) is 0 Å². The Kier molecular flexibility index (Phi) is 3.77. The lowest BCUT2D eigenvalue weighted by Crippen LogP contribution is -2.23. The molecule has 0 aromatic carbocycles. The minimum atomic E-state index is -4.51. The zero-order valence-corrected chi connectivity index (χ0v) is 8.18. The molecule has 0 spiro atoms. The van der Waals surface area contributed by atoms with E-state index < -0.39 is 23.6 Å². The first kappa shape index (κ1) is 12.1. The van der Waals surface area contributed by atoms with Crippen LogP contribution in [-0.2, 0) is 4.79 Å². The van der Waals surface area contributed by atoms with Gasteiger partial charge in [-0.1, -0.05) is 19.3 Å². The number of rotatable bonds is 2. The molecule has 15 heavy (non-hydrogen) atoms. The monoisotopic (exact) mass is 222 g/mol. The molecule has 1 fully saturated rings. The molecule has 0 unspecified atom stereocenters. The van der Waals surface area contributed by atoms with Gasteiger partial charge >= 0.3 is 12.1 Å². The second kappa shape index (κ2) is 4.68. The van der Waals surface area contributed by atoms with Gasteiger partial charge < -0.3 is 5.11 Å². The van der Waals surface area contributed by atoms with Gasteiger partial charge in [0.25, 0.3) is 0 Å². The lowest BCUT2D eigenvalue weighted by Gasteiger charge is -2.25. The minimum Gasteiger partial charge on any atom is -0.478 e. The molecule has 1 rings (SSSR count). The van der Waals surface area contributed by atoms with Crippen molar-refractivity contribution in [1.82, 2.24) is 0 Å². The fourth-order valence-electron chi connectivity index (χ4n) is 1.98. The molecule has 5 heteroatoms. The van der Waals surface area contributed by atoms with Crippen LogP contribution in [-0.4, -0.2) is 17.3 Å². The van der Waals surface area contributed by atoms with E-state index in [4.69, 9.17) is 5.11 Å². The van der Waals surface area contributed by atoms with Crippen LogP contribution in [0.2, 0.25) is 0 Å². The molecule has 86 valence electrons. The minimum absolute atomic E-state index is 0.315. The molecular weight excluding hydrogens is 209 g/mol. The molecule has 1 saturated carbocycles. The molecule has 1 aliphatic carbocycles. The van der Waals surface area contributed by atoms with E-state index in [1.54, 1.807) is 0 Å². The van der Waals surface area contributed by atoms with Crippen molar-refractivity contribution in [2.45, 2.75) is 38.3 Å². The summed E-state index contributed by atoms with van der Waals surface area (Å²) >= 11 is 0. The van der Waals surface area contributed by atoms with Crippen molar-refractivity contribution in [3.63, 3.8) is 0 Å². The van der Waals surface area contributed by atoms with Gasteiger partial charge in [0.05, 0.1) is 0 Å². The van der Waals surface area contributed by atoms with E-state index in [9.17, 15) is 18.0 Å². The molecule has 0 saturated heterocycles. The fourth-order valence-corrected chi connectivity index (χ4v) is 1.98. The molecule has 0 atom stereocenters. The molecule has 0 aliphatic heterocycles. The average molecular weight is 222 g/mol. The molecule has 0 amide bonds. The van der Waals surface area contributed by atoms with Gasteiger partial charge in [0, 0.05) is 11.6 Å². The second-order valence-electron chi connectivity index (χ2n) is 3.77. The van der Waals surface area contributed by atoms with Gasteiger partial charge in [0.1, 0.15) is 0 Å². The Balaban J connectivity index is 2.85. The Morgan fingerprint density at radius 3 is 2.13 bits per heavy atom.